The Kier molecular flexibility index (Phi) is 5.69. The number of nitrogens with one attached hydrogen (secondary N) is 1. The second-order valence-corrected chi connectivity index (χ2v) is 5.43. The van der Waals surface area contributed by atoms with E-state index < -0.39 is 10.8 Å². The Bertz CT molecular complexity index is 407. The van der Waals surface area contributed by atoms with Crippen molar-refractivity contribution < 1.29 is 9.00 Å². The molecule has 3 N–H and O–H groups in total. The van der Waals surface area contributed by atoms with E-state index in [0.717, 1.165) is 6.42 Å². The average molecular weight is 254 g/mol. The molecule has 0 radical (unpaired) electrons. The second-order valence-electron chi connectivity index (χ2n) is 3.73. The first-order valence-corrected chi connectivity index (χ1v) is 7.11. The van der Waals surface area contributed by atoms with Crippen LogP contribution in [-0.4, -0.2) is 21.6 Å². The van der Waals surface area contributed by atoms with Crippen LogP contribution in [0.4, 0.5) is 11.4 Å². The largest absolute Gasteiger partial charge is 0.397 e. The SMILES string of the molecule is CCCS(=O)CCC(=O)Nc1ccccc1N. The van der Waals surface area contributed by atoms with Gasteiger partial charge in [-0.15, -0.1) is 0 Å². The van der Waals surface area contributed by atoms with Crippen molar-refractivity contribution in [1.29, 1.82) is 0 Å². The summed E-state index contributed by atoms with van der Waals surface area (Å²) in [4.78, 5) is 11.6. The summed E-state index contributed by atoms with van der Waals surface area (Å²) in [6, 6.07) is 7.09. The second kappa shape index (κ2) is 7.06. The standard InChI is InChI=1S/C12H18N2O2S/c1-2-8-17(16)9-7-12(15)14-11-6-4-3-5-10(11)13/h3-6H,2,7-9,13H2,1H3,(H,14,15). The minimum Gasteiger partial charge on any atom is -0.397 e. The van der Waals surface area contributed by atoms with E-state index in [1.54, 1.807) is 24.3 Å². The summed E-state index contributed by atoms with van der Waals surface area (Å²) < 4.78 is 11.4. The van der Waals surface area contributed by atoms with Crippen LogP contribution in [0.15, 0.2) is 24.3 Å². The molecule has 0 fully saturated rings. The number of hydrogen-bond donors (Lipinski definition) is 2. The van der Waals surface area contributed by atoms with Crippen LogP contribution < -0.4 is 11.1 Å². The van der Waals surface area contributed by atoms with Gasteiger partial charge >= 0.3 is 0 Å². The first kappa shape index (κ1) is 13.7. The van der Waals surface area contributed by atoms with Gasteiger partial charge in [0.2, 0.25) is 5.91 Å². The molecule has 1 atom stereocenters. The smallest absolute Gasteiger partial charge is 0.225 e. The van der Waals surface area contributed by atoms with Crippen molar-refractivity contribution in [2.45, 2.75) is 19.8 Å². The number of benzene rings is 1. The number of rotatable bonds is 6. The molecule has 0 aliphatic carbocycles. The number of nitrogen functional groups attached to an aromatic ring is 1. The molecule has 0 saturated carbocycles. The zero-order chi connectivity index (χ0) is 12.7. The van der Waals surface area contributed by atoms with Gasteiger partial charge in [0, 0.05) is 28.7 Å². The van der Waals surface area contributed by atoms with Crippen molar-refractivity contribution in [1.82, 2.24) is 0 Å². The van der Waals surface area contributed by atoms with Gasteiger partial charge in [-0.3, -0.25) is 9.00 Å². The molecule has 4 nitrogen and oxygen atoms in total. The van der Waals surface area contributed by atoms with Gasteiger partial charge in [0.25, 0.3) is 0 Å². The normalized spacial score (nSPS) is 12.1. The van der Waals surface area contributed by atoms with Crippen LogP contribution in [0, 0.1) is 0 Å². The number of anilines is 2. The molecule has 0 bridgehead atoms. The van der Waals surface area contributed by atoms with Gasteiger partial charge in [-0.25, -0.2) is 0 Å². The molecule has 1 unspecified atom stereocenters. The molecule has 1 aromatic carbocycles. The van der Waals surface area contributed by atoms with Crippen LogP contribution in [0.3, 0.4) is 0 Å². The Balaban J connectivity index is 2.40. The maximum Gasteiger partial charge on any atom is 0.225 e. The predicted molar refractivity (Wildman–Crippen MR) is 72.3 cm³/mol. The number of nitrogens with two attached hydrogens (primary N) is 1. The summed E-state index contributed by atoms with van der Waals surface area (Å²) in [5.41, 5.74) is 6.85. The van der Waals surface area contributed by atoms with Crippen LogP contribution >= 0.6 is 0 Å². The molecule has 0 aliphatic heterocycles. The van der Waals surface area contributed by atoms with Crippen molar-refractivity contribution in [3.05, 3.63) is 24.3 Å². The molecule has 94 valence electrons. The van der Waals surface area contributed by atoms with Gasteiger partial charge in [-0.2, -0.15) is 0 Å². The Morgan fingerprint density at radius 1 is 1.35 bits per heavy atom. The third kappa shape index (κ3) is 4.99. The highest BCUT2D eigenvalue weighted by Gasteiger charge is 2.06. The van der Waals surface area contributed by atoms with Gasteiger partial charge in [0.15, 0.2) is 0 Å². The maximum absolute atomic E-state index is 11.6. The Morgan fingerprint density at radius 3 is 2.71 bits per heavy atom. The van der Waals surface area contributed by atoms with E-state index >= 15 is 0 Å². The van der Waals surface area contributed by atoms with E-state index in [1.165, 1.54) is 0 Å². The van der Waals surface area contributed by atoms with Gasteiger partial charge < -0.3 is 11.1 Å². The summed E-state index contributed by atoms with van der Waals surface area (Å²) in [7, 11) is -0.896. The topological polar surface area (TPSA) is 72.2 Å². The molecular formula is C12H18N2O2S. The van der Waals surface area contributed by atoms with E-state index in [-0.39, 0.29) is 12.3 Å². The number of carbonyl (C=O) groups excluding carboxylic acids is 1. The van der Waals surface area contributed by atoms with E-state index in [0.29, 0.717) is 22.9 Å². The summed E-state index contributed by atoms with van der Waals surface area (Å²) in [6.45, 7) is 1.97. The minimum absolute atomic E-state index is 0.146. The number of hydrogen-bond acceptors (Lipinski definition) is 3. The number of carbonyl (C=O) groups is 1. The molecule has 17 heavy (non-hydrogen) atoms. The molecule has 0 saturated heterocycles. The van der Waals surface area contributed by atoms with Gasteiger partial charge in [0.1, 0.15) is 0 Å². The molecular weight excluding hydrogens is 236 g/mol. The van der Waals surface area contributed by atoms with Gasteiger partial charge in [0.05, 0.1) is 11.4 Å². The molecule has 1 amide bonds. The first-order valence-electron chi connectivity index (χ1n) is 5.62. The lowest BCUT2D eigenvalue weighted by Gasteiger charge is -2.07. The molecule has 5 heteroatoms. The summed E-state index contributed by atoms with van der Waals surface area (Å²) in [5.74, 6) is 0.917. The predicted octanol–water partition coefficient (Wildman–Crippen LogP) is 1.76. The summed E-state index contributed by atoms with van der Waals surface area (Å²) >= 11 is 0. The van der Waals surface area contributed by atoms with Crippen molar-refractivity contribution in [3.8, 4) is 0 Å². The Hall–Kier alpha value is -1.36. The molecule has 1 aromatic rings. The van der Waals surface area contributed by atoms with Crippen LogP contribution in [0.25, 0.3) is 0 Å². The molecule has 1 rings (SSSR count). The fourth-order valence-corrected chi connectivity index (χ4v) is 2.43. The fraction of sp³-hybridized carbons (Fsp3) is 0.417. The maximum atomic E-state index is 11.6. The summed E-state index contributed by atoms with van der Waals surface area (Å²) in [5, 5.41) is 2.71. The Morgan fingerprint density at radius 2 is 2.06 bits per heavy atom. The molecule has 0 aliphatic rings. The number of amides is 1. The lowest BCUT2D eigenvalue weighted by molar-refractivity contribution is -0.115. The molecule has 0 aromatic heterocycles. The number of para-hydroxylation sites is 2. The van der Waals surface area contributed by atoms with Gasteiger partial charge in [-0.1, -0.05) is 19.1 Å². The zero-order valence-electron chi connectivity index (χ0n) is 9.94. The zero-order valence-corrected chi connectivity index (χ0v) is 10.8. The van der Waals surface area contributed by atoms with Crippen molar-refractivity contribution >= 4 is 28.1 Å². The highest BCUT2D eigenvalue weighted by Crippen LogP contribution is 2.16. The Labute approximate surface area is 104 Å². The van der Waals surface area contributed by atoms with Crippen LogP contribution in [0.2, 0.25) is 0 Å². The first-order chi connectivity index (χ1) is 8.13. The van der Waals surface area contributed by atoms with E-state index in [9.17, 15) is 9.00 Å². The van der Waals surface area contributed by atoms with Crippen molar-refractivity contribution in [2.24, 2.45) is 0 Å². The monoisotopic (exact) mass is 254 g/mol. The lowest BCUT2D eigenvalue weighted by Crippen LogP contribution is -2.16. The highest BCUT2D eigenvalue weighted by atomic mass is 32.2. The van der Waals surface area contributed by atoms with Crippen LogP contribution in [-0.2, 0) is 15.6 Å². The van der Waals surface area contributed by atoms with Crippen LogP contribution in [0.5, 0.6) is 0 Å². The van der Waals surface area contributed by atoms with E-state index in [4.69, 9.17) is 5.73 Å². The summed E-state index contributed by atoms with van der Waals surface area (Å²) in [6.07, 6.45) is 1.14. The van der Waals surface area contributed by atoms with E-state index in [2.05, 4.69) is 5.32 Å². The minimum atomic E-state index is -0.896. The third-order valence-electron chi connectivity index (χ3n) is 2.22. The highest BCUT2D eigenvalue weighted by molar-refractivity contribution is 7.84. The molecule has 0 spiro atoms. The fourth-order valence-electron chi connectivity index (χ4n) is 1.36. The van der Waals surface area contributed by atoms with Crippen LogP contribution in [0.1, 0.15) is 19.8 Å². The van der Waals surface area contributed by atoms with Crippen molar-refractivity contribution in [2.75, 3.05) is 22.6 Å². The third-order valence-corrected chi connectivity index (χ3v) is 3.75. The van der Waals surface area contributed by atoms with Crippen molar-refractivity contribution in [3.63, 3.8) is 0 Å². The average Bonchev–Trinajstić information content (AvgIpc) is 2.30. The molecule has 0 heterocycles. The van der Waals surface area contributed by atoms with E-state index in [1.807, 2.05) is 6.92 Å². The quantitative estimate of drug-likeness (QED) is 0.760. The van der Waals surface area contributed by atoms with Gasteiger partial charge in [-0.05, 0) is 18.6 Å². The lowest BCUT2D eigenvalue weighted by atomic mass is 10.2.